The first-order valence-corrected chi connectivity index (χ1v) is 8.76. The van der Waals surface area contributed by atoms with Crippen LogP contribution >= 0.6 is 11.8 Å². The second-order valence-corrected chi connectivity index (χ2v) is 6.74. The van der Waals surface area contributed by atoms with Crippen molar-refractivity contribution in [2.24, 2.45) is 10.9 Å². The maximum absolute atomic E-state index is 11.8. The number of hydrogen-bond acceptors (Lipinski definition) is 8. The van der Waals surface area contributed by atoms with E-state index in [4.69, 9.17) is 15.3 Å². The van der Waals surface area contributed by atoms with Crippen molar-refractivity contribution in [3.05, 3.63) is 11.3 Å². The summed E-state index contributed by atoms with van der Waals surface area (Å²) in [5.41, 5.74) is 6.10. The largest absolute Gasteiger partial charge is 0.477 e. The van der Waals surface area contributed by atoms with Crippen LogP contribution in [0.25, 0.3) is 0 Å². The minimum absolute atomic E-state index is 0.0500. The highest BCUT2D eigenvalue weighted by molar-refractivity contribution is 8.00. The fraction of sp³-hybridized carbons (Fsp3) is 0.643. The first-order valence-electron chi connectivity index (χ1n) is 7.71. The molecule has 3 rings (SSSR count). The second kappa shape index (κ2) is 7.51. The summed E-state index contributed by atoms with van der Waals surface area (Å²) in [5, 5.41) is 12.9. The van der Waals surface area contributed by atoms with Crippen LogP contribution < -0.4 is 5.73 Å². The van der Waals surface area contributed by atoms with Crippen LogP contribution in [0.1, 0.15) is 0 Å². The average Bonchev–Trinajstić information content (AvgIpc) is 2.60. The third kappa shape index (κ3) is 3.41. The van der Waals surface area contributed by atoms with Gasteiger partial charge in [0.1, 0.15) is 23.7 Å². The summed E-state index contributed by atoms with van der Waals surface area (Å²) in [6.07, 6.45) is 1.38. The summed E-state index contributed by atoms with van der Waals surface area (Å²) in [5.74, 6) is -1.10. The molecule has 0 aromatic heterocycles. The van der Waals surface area contributed by atoms with Crippen molar-refractivity contribution in [3.63, 3.8) is 0 Å². The van der Waals surface area contributed by atoms with Gasteiger partial charge >= 0.3 is 5.97 Å². The van der Waals surface area contributed by atoms with Gasteiger partial charge in [0, 0.05) is 31.0 Å². The molecular weight excluding hydrogens is 336 g/mol. The van der Waals surface area contributed by atoms with Crippen LogP contribution in [0.4, 0.5) is 0 Å². The Labute approximate surface area is 143 Å². The van der Waals surface area contributed by atoms with E-state index in [2.05, 4.69) is 10.1 Å². The Kier molecular flexibility index (Phi) is 5.39. The van der Waals surface area contributed by atoms with Crippen molar-refractivity contribution < 1.29 is 24.3 Å². The SMILES string of the molecule is NC1C(=O)N2C(C(=O)O)=C(/C=N/OCCN3CCOCC3)CS[C@H]12. The number of carboxylic acids is 1. The summed E-state index contributed by atoms with van der Waals surface area (Å²) < 4.78 is 5.26. The minimum atomic E-state index is -1.16. The van der Waals surface area contributed by atoms with Gasteiger partial charge in [0.25, 0.3) is 0 Å². The Morgan fingerprint density at radius 1 is 1.50 bits per heavy atom. The molecule has 0 spiro atoms. The van der Waals surface area contributed by atoms with Gasteiger partial charge in [-0.05, 0) is 0 Å². The molecule has 3 N–H and O–H groups in total. The molecule has 0 aromatic carbocycles. The van der Waals surface area contributed by atoms with E-state index < -0.39 is 12.0 Å². The van der Waals surface area contributed by atoms with E-state index in [9.17, 15) is 14.7 Å². The molecule has 2 fully saturated rings. The highest BCUT2D eigenvalue weighted by atomic mass is 32.2. The number of carbonyl (C=O) groups is 2. The van der Waals surface area contributed by atoms with Crippen LogP contribution in [0.15, 0.2) is 16.4 Å². The molecule has 0 aromatic rings. The van der Waals surface area contributed by atoms with E-state index in [1.54, 1.807) is 0 Å². The van der Waals surface area contributed by atoms with Crippen LogP contribution in [0.2, 0.25) is 0 Å². The van der Waals surface area contributed by atoms with E-state index in [0.29, 0.717) is 17.9 Å². The molecule has 2 atom stereocenters. The molecule has 0 saturated carbocycles. The van der Waals surface area contributed by atoms with Crippen molar-refractivity contribution in [1.29, 1.82) is 0 Å². The molecule has 3 aliphatic heterocycles. The van der Waals surface area contributed by atoms with Crippen LogP contribution in [0, 0.1) is 0 Å². The first kappa shape index (κ1) is 17.2. The van der Waals surface area contributed by atoms with Crippen LogP contribution in [0.5, 0.6) is 0 Å². The molecule has 9 nitrogen and oxygen atoms in total. The zero-order chi connectivity index (χ0) is 17.1. The van der Waals surface area contributed by atoms with Gasteiger partial charge in [-0.2, -0.15) is 0 Å². The standard InChI is InChI=1S/C14H20N4O5S/c15-10-12(19)18-11(14(20)21)9(8-24-13(10)18)7-16-23-6-3-17-1-4-22-5-2-17/h7,10,13H,1-6,8,15H2,(H,20,21)/b16-7+/t10?,13-/m1/s1. The highest BCUT2D eigenvalue weighted by Crippen LogP contribution is 2.38. The number of morpholine rings is 1. The predicted molar refractivity (Wildman–Crippen MR) is 87.4 cm³/mol. The van der Waals surface area contributed by atoms with E-state index in [1.165, 1.54) is 22.9 Å². The Morgan fingerprint density at radius 2 is 2.25 bits per heavy atom. The van der Waals surface area contributed by atoms with Crippen molar-refractivity contribution >= 4 is 29.9 Å². The summed E-state index contributed by atoms with van der Waals surface area (Å²) in [4.78, 5) is 31.9. The lowest BCUT2D eigenvalue weighted by Crippen LogP contribution is -2.68. The zero-order valence-electron chi connectivity index (χ0n) is 13.1. The average molecular weight is 356 g/mol. The number of hydrogen-bond donors (Lipinski definition) is 2. The van der Waals surface area contributed by atoms with Crippen molar-refractivity contribution in [1.82, 2.24) is 9.80 Å². The number of oxime groups is 1. The van der Waals surface area contributed by atoms with Crippen molar-refractivity contribution in [2.45, 2.75) is 11.4 Å². The molecule has 3 aliphatic rings. The normalized spacial score (nSPS) is 28.0. The van der Waals surface area contributed by atoms with E-state index in [1.807, 2.05) is 0 Å². The van der Waals surface area contributed by atoms with Gasteiger partial charge < -0.3 is 20.4 Å². The molecule has 1 amide bonds. The van der Waals surface area contributed by atoms with Gasteiger partial charge in [-0.25, -0.2) is 4.79 Å². The predicted octanol–water partition coefficient (Wildman–Crippen LogP) is -1.10. The summed E-state index contributed by atoms with van der Waals surface area (Å²) in [6, 6.07) is -0.632. The molecule has 24 heavy (non-hydrogen) atoms. The van der Waals surface area contributed by atoms with Gasteiger partial charge in [-0.15, -0.1) is 11.8 Å². The Balaban J connectivity index is 1.56. The number of carbonyl (C=O) groups excluding carboxylic acids is 1. The Hall–Kier alpha value is -1.62. The number of carboxylic acid groups (broad SMARTS) is 1. The molecule has 0 bridgehead atoms. The van der Waals surface area contributed by atoms with E-state index >= 15 is 0 Å². The molecule has 0 radical (unpaired) electrons. The number of amides is 1. The van der Waals surface area contributed by atoms with E-state index in [-0.39, 0.29) is 17.0 Å². The number of nitrogens with zero attached hydrogens (tertiary/aromatic N) is 3. The molecule has 132 valence electrons. The number of ether oxygens (including phenoxy) is 1. The minimum Gasteiger partial charge on any atom is -0.477 e. The highest BCUT2D eigenvalue weighted by Gasteiger charge is 2.51. The quantitative estimate of drug-likeness (QED) is 0.267. The lowest BCUT2D eigenvalue weighted by molar-refractivity contribution is -0.147. The second-order valence-electron chi connectivity index (χ2n) is 5.64. The Bertz CT molecular complexity index is 576. The smallest absolute Gasteiger partial charge is 0.353 e. The maximum Gasteiger partial charge on any atom is 0.353 e. The van der Waals surface area contributed by atoms with Crippen LogP contribution in [-0.4, -0.2) is 89.6 Å². The zero-order valence-corrected chi connectivity index (χ0v) is 13.9. The number of thioether (sulfide) groups is 1. The molecule has 3 heterocycles. The van der Waals surface area contributed by atoms with Crippen LogP contribution in [0.3, 0.4) is 0 Å². The maximum atomic E-state index is 11.8. The third-order valence-electron chi connectivity index (χ3n) is 4.13. The van der Waals surface area contributed by atoms with Gasteiger partial charge in [-0.3, -0.25) is 14.6 Å². The molecule has 2 saturated heterocycles. The van der Waals surface area contributed by atoms with E-state index in [0.717, 1.165) is 32.8 Å². The lowest BCUT2D eigenvalue weighted by atomic mass is 10.0. The van der Waals surface area contributed by atoms with Crippen LogP contribution in [-0.2, 0) is 19.2 Å². The topological polar surface area (TPSA) is 118 Å². The third-order valence-corrected chi connectivity index (χ3v) is 5.45. The van der Waals surface area contributed by atoms with Crippen molar-refractivity contribution in [2.75, 3.05) is 45.2 Å². The van der Waals surface area contributed by atoms with Gasteiger partial charge in [0.2, 0.25) is 5.91 Å². The number of fused-ring (bicyclic) bond motifs is 1. The number of β-lactam (4-membered cyclic amide) rings is 1. The van der Waals surface area contributed by atoms with Gasteiger partial charge in [0.05, 0.1) is 19.4 Å². The van der Waals surface area contributed by atoms with Gasteiger partial charge in [0.15, 0.2) is 0 Å². The lowest BCUT2D eigenvalue weighted by Gasteiger charge is -2.47. The first-order chi connectivity index (χ1) is 11.6. The molecule has 0 aliphatic carbocycles. The monoisotopic (exact) mass is 356 g/mol. The number of aliphatic carboxylic acids is 1. The summed E-state index contributed by atoms with van der Waals surface area (Å²) >= 11 is 1.43. The summed E-state index contributed by atoms with van der Waals surface area (Å²) in [7, 11) is 0. The number of nitrogens with two attached hydrogens (primary N) is 1. The molecule has 1 unspecified atom stereocenters. The fourth-order valence-corrected chi connectivity index (χ4v) is 4.03. The summed E-state index contributed by atoms with van der Waals surface area (Å²) in [6.45, 7) is 4.34. The number of rotatable bonds is 6. The fourth-order valence-electron chi connectivity index (χ4n) is 2.79. The molecule has 10 heteroatoms. The molecular formula is C14H20N4O5S. The van der Waals surface area contributed by atoms with Crippen molar-refractivity contribution in [3.8, 4) is 0 Å². The van der Waals surface area contributed by atoms with Gasteiger partial charge in [-0.1, -0.05) is 5.16 Å². The Morgan fingerprint density at radius 3 is 2.96 bits per heavy atom.